The van der Waals surface area contributed by atoms with Crippen molar-refractivity contribution < 1.29 is 4.74 Å². The van der Waals surface area contributed by atoms with Crippen molar-refractivity contribution in [1.29, 1.82) is 0 Å². The number of fused-ring (bicyclic) bond motifs is 1. The molecule has 2 aliphatic rings. The molecule has 4 heteroatoms. The minimum absolute atomic E-state index is 0.0214. The maximum Gasteiger partial charge on any atom is 0.133 e. The summed E-state index contributed by atoms with van der Waals surface area (Å²) < 4.78 is 5.86. The summed E-state index contributed by atoms with van der Waals surface area (Å²) in [6.45, 7) is 10.5. The van der Waals surface area contributed by atoms with Crippen molar-refractivity contribution in [1.82, 2.24) is 10.3 Å². The standard InChI is InChI=1S/C22H31N3O/c1-16-7-6-8-17-13-18(15-23-19-9-12-26-22(2,3)14-19)21(24-20(16)17)25-10-4-5-11-25/h6-8,13,19,23H,4-5,9-12,14-15H2,1-3H3. The van der Waals surface area contributed by atoms with E-state index < -0.39 is 0 Å². The fourth-order valence-electron chi connectivity index (χ4n) is 4.37. The number of para-hydroxylation sites is 1. The molecule has 0 saturated carbocycles. The van der Waals surface area contributed by atoms with Crippen molar-refractivity contribution >= 4 is 16.7 Å². The van der Waals surface area contributed by atoms with Gasteiger partial charge in [-0.05, 0) is 58.1 Å². The van der Waals surface area contributed by atoms with Crippen LogP contribution in [0.15, 0.2) is 24.3 Å². The maximum atomic E-state index is 5.86. The van der Waals surface area contributed by atoms with E-state index in [2.05, 4.69) is 55.3 Å². The van der Waals surface area contributed by atoms with E-state index in [1.54, 1.807) is 0 Å². The molecular weight excluding hydrogens is 322 g/mol. The third kappa shape index (κ3) is 3.72. The summed E-state index contributed by atoms with van der Waals surface area (Å²) in [6, 6.07) is 9.33. The molecule has 140 valence electrons. The van der Waals surface area contributed by atoms with E-state index in [4.69, 9.17) is 9.72 Å². The van der Waals surface area contributed by atoms with Gasteiger partial charge in [0.2, 0.25) is 0 Å². The summed E-state index contributed by atoms with van der Waals surface area (Å²) in [6.07, 6.45) is 4.69. The Bertz CT molecular complexity index is 780. The average molecular weight is 354 g/mol. The second kappa shape index (κ2) is 7.16. The number of anilines is 1. The van der Waals surface area contributed by atoms with Crippen LogP contribution in [0, 0.1) is 6.92 Å². The van der Waals surface area contributed by atoms with Gasteiger partial charge in [-0.25, -0.2) is 4.98 Å². The fraction of sp³-hybridized carbons (Fsp3) is 0.591. The Kier molecular flexibility index (Phi) is 4.89. The van der Waals surface area contributed by atoms with Crippen LogP contribution in [0.2, 0.25) is 0 Å². The van der Waals surface area contributed by atoms with Crippen LogP contribution in [0.3, 0.4) is 0 Å². The topological polar surface area (TPSA) is 37.4 Å². The maximum absolute atomic E-state index is 5.86. The molecule has 0 aliphatic carbocycles. The van der Waals surface area contributed by atoms with Crippen LogP contribution in [0.1, 0.15) is 50.7 Å². The van der Waals surface area contributed by atoms with Crippen molar-refractivity contribution in [3.8, 4) is 0 Å². The Morgan fingerprint density at radius 2 is 2.08 bits per heavy atom. The number of benzene rings is 1. The first-order valence-electron chi connectivity index (χ1n) is 10.0. The summed E-state index contributed by atoms with van der Waals surface area (Å²) in [5.41, 5.74) is 3.71. The van der Waals surface area contributed by atoms with Crippen molar-refractivity contribution in [2.24, 2.45) is 0 Å². The molecule has 3 heterocycles. The minimum atomic E-state index is -0.0214. The summed E-state index contributed by atoms with van der Waals surface area (Å²) in [5.74, 6) is 1.18. The van der Waals surface area contributed by atoms with Crippen LogP contribution >= 0.6 is 0 Å². The minimum Gasteiger partial charge on any atom is -0.375 e. The van der Waals surface area contributed by atoms with Crippen molar-refractivity contribution in [2.45, 2.75) is 64.6 Å². The van der Waals surface area contributed by atoms with E-state index in [1.165, 1.54) is 35.2 Å². The summed E-state index contributed by atoms with van der Waals surface area (Å²) >= 11 is 0. The van der Waals surface area contributed by atoms with E-state index in [1.807, 2.05) is 0 Å². The number of hydrogen-bond acceptors (Lipinski definition) is 4. The highest BCUT2D eigenvalue weighted by Gasteiger charge is 2.29. The average Bonchev–Trinajstić information content (AvgIpc) is 3.13. The number of aryl methyl sites for hydroxylation is 1. The molecule has 2 aromatic rings. The molecule has 26 heavy (non-hydrogen) atoms. The van der Waals surface area contributed by atoms with Gasteiger partial charge < -0.3 is 15.0 Å². The van der Waals surface area contributed by atoms with Crippen molar-refractivity contribution in [3.63, 3.8) is 0 Å². The molecule has 0 radical (unpaired) electrons. The van der Waals surface area contributed by atoms with Crippen LogP contribution < -0.4 is 10.2 Å². The van der Waals surface area contributed by atoms with E-state index in [-0.39, 0.29) is 5.60 Å². The Balaban J connectivity index is 1.61. The van der Waals surface area contributed by atoms with Crippen molar-refractivity contribution in [2.75, 3.05) is 24.6 Å². The summed E-state index contributed by atoms with van der Waals surface area (Å²) in [7, 11) is 0. The highest BCUT2D eigenvalue weighted by molar-refractivity contribution is 5.84. The van der Waals surface area contributed by atoms with Gasteiger partial charge in [0.1, 0.15) is 5.82 Å². The van der Waals surface area contributed by atoms with E-state index >= 15 is 0 Å². The molecule has 2 fully saturated rings. The lowest BCUT2D eigenvalue weighted by Crippen LogP contribution is -2.43. The number of rotatable bonds is 4. The van der Waals surface area contributed by atoms with E-state index in [0.29, 0.717) is 6.04 Å². The number of hydrogen-bond donors (Lipinski definition) is 1. The zero-order chi connectivity index (χ0) is 18.1. The van der Waals surface area contributed by atoms with Gasteiger partial charge in [-0.3, -0.25) is 0 Å². The monoisotopic (exact) mass is 353 g/mol. The quantitative estimate of drug-likeness (QED) is 0.894. The molecule has 0 amide bonds. The molecule has 0 spiro atoms. The highest BCUT2D eigenvalue weighted by atomic mass is 16.5. The largest absolute Gasteiger partial charge is 0.375 e. The first-order valence-corrected chi connectivity index (χ1v) is 10.0. The Morgan fingerprint density at radius 1 is 1.27 bits per heavy atom. The number of aromatic nitrogens is 1. The smallest absolute Gasteiger partial charge is 0.133 e. The molecule has 4 nitrogen and oxygen atoms in total. The van der Waals surface area contributed by atoms with Gasteiger partial charge in [-0.15, -0.1) is 0 Å². The van der Waals surface area contributed by atoms with Gasteiger partial charge in [0, 0.05) is 43.2 Å². The van der Waals surface area contributed by atoms with Gasteiger partial charge in [-0.1, -0.05) is 18.2 Å². The molecule has 1 unspecified atom stereocenters. The molecule has 0 bridgehead atoms. The molecule has 1 aromatic heterocycles. The fourth-order valence-corrected chi connectivity index (χ4v) is 4.37. The van der Waals surface area contributed by atoms with Crippen LogP contribution in [-0.2, 0) is 11.3 Å². The Labute approximate surface area is 156 Å². The zero-order valence-electron chi connectivity index (χ0n) is 16.3. The molecular formula is C22H31N3O. The third-order valence-corrected chi connectivity index (χ3v) is 5.79. The molecule has 4 rings (SSSR count). The lowest BCUT2D eigenvalue weighted by Gasteiger charge is -2.36. The molecule has 1 N–H and O–H groups in total. The number of ether oxygens (including phenoxy) is 1. The molecule has 1 aromatic carbocycles. The zero-order valence-corrected chi connectivity index (χ0v) is 16.3. The second-order valence-corrected chi connectivity index (χ2v) is 8.49. The summed E-state index contributed by atoms with van der Waals surface area (Å²) in [4.78, 5) is 7.58. The van der Waals surface area contributed by atoms with Gasteiger partial charge in [0.25, 0.3) is 0 Å². The Hall–Kier alpha value is -1.65. The van der Waals surface area contributed by atoms with Crippen molar-refractivity contribution in [3.05, 3.63) is 35.4 Å². The van der Waals surface area contributed by atoms with Gasteiger partial charge in [0.15, 0.2) is 0 Å². The normalized spacial score (nSPS) is 22.9. The predicted octanol–water partition coefficient (Wildman–Crippen LogP) is 4.19. The first kappa shape index (κ1) is 17.7. The molecule has 2 aliphatic heterocycles. The second-order valence-electron chi connectivity index (χ2n) is 8.49. The lowest BCUT2D eigenvalue weighted by molar-refractivity contribution is -0.0630. The lowest BCUT2D eigenvalue weighted by atomic mass is 9.94. The SMILES string of the molecule is Cc1cccc2cc(CNC3CCOC(C)(C)C3)c(N3CCCC3)nc12. The van der Waals surface area contributed by atoms with Gasteiger partial charge in [0.05, 0.1) is 11.1 Å². The predicted molar refractivity (Wildman–Crippen MR) is 108 cm³/mol. The van der Waals surface area contributed by atoms with E-state index in [0.717, 1.165) is 44.6 Å². The summed E-state index contributed by atoms with van der Waals surface area (Å²) in [5, 5.41) is 5.04. The Morgan fingerprint density at radius 3 is 2.85 bits per heavy atom. The van der Waals surface area contributed by atoms with Gasteiger partial charge in [-0.2, -0.15) is 0 Å². The molecule has 2 saturated heterocycles. The van der Waals surface area contributed by atoms with Gasteiger partial charge >= 0.3 is 0 Å². The number of pyridine rings is 1. The number of nitrogens with one attached hydrogen (secondary N) is 1. The highest BCUT2D eigenvalue weighted by Crippen LogP contribution is 2.29. The number of nitrogens with zero attached hydrogens (tertiary/aromatic N) is 2. The molecule has 1 atom stereocenters. The van der Waals surface area contributed by atoms with E-state index in [9.17, 15) is 0 Å². The van der Waals surface area contributed by atoms with Crippen LogP contribution in [0.5, 0.6) is 0 Å². The van der Waals surface area contributed by atoms with Crippen LogP contribution in [0.4, 0.5) is 5.82 Å². The third-order valence-electron chi connectivity index (χ3n) is 5.79. The first-order chi connectivity index (χ1) is 12.5. The van der Waals surface area contributed by atoms with Crippen LogP contribution in [-0.4, -0.2) is 36.3 Å². The van der Waals surface area contributed by atoms with Crippen LogP contribution in [0.25, 0.3) is 10.9 Å².